The average Bonchev–Trinajstić information content (AvgIpc) is 2.89. The molecule has 0 spiro atoms. The van der Waals surface area contributed by atoms with E-state index in [1.165, 1.54) is 33.0 Å². The van der Waals surface area contributed by atoms with Crippen molar-refractivity contribution in [3.8, 4) is 6.07 Å². The molecule has 1 saturated heterocycles. The SMILES string of the molecule is CC(=O)OC[C@H]1O[C@@H](c2nccc(C#N)n2)[C@H](OC(C)=O)[C@@H]1OC(C)=O. The molecule has 26 heavy (non-hydrogen) atoms. The quantitative estimate of drug-likeness (QED) is 0.527. The monoisotopic (exact) mass is 363 g/mol. The Kier molecular flexibility index (Phi) is 6.19. The lowest BCUT2D eigenvalue weighted by molar-refractivity contribution is -0.165. The van der Waals surface area contributed by atoms with Gasteiger partial charge in [0.25, 0.3) is 0 Å². The van der Waals surface area contributed by atoms with Gasteiger partial charge in [-0.05, 0) is 6.07 Å². The molecule has 0 radical (unpaired) electrons. The molecule has 1 aliphatic heterocycles. The van der Waals surface area contributed by atoms with Gasteiger partial charge in [-0.3, -0.25) is 14.4 Å². The maximum Gasteiger partial charge on any atom is 0.303 e. The fraction of sp³-hybridized carbons (Fsp3) is 0.500. The lowest BCUT2D eigenvalue weighted by Crippen LogP contribution is -2.40. The summed E-state index contributed by atoms with van der Waals surface area (Å²) in [7, 11) is 0. The fourth-order valence-electron chi connectivity index (χ4n) is 2.50. The van der Waals surface area contributed by atoms with Crippen LogP contribution in [0.5, 0.6) is 0 Å². The van der Waals surface area contributed by atoms with Crippen molar-refractivity contribution in [2.75, 3.05) is 6.61 Å². The van der Waals surface area contributed by atoms with Crippen molar-refractivity contribution >= 4 is 17.9 Å². The van der Waals surface area contributed by atoms with Crippen LogP contribution in [0.25, 0.3) is 0 Å². The van der Waals surface area contributed by atoms with Crippen LogP contribution in [0, 0.1) is 11.3 Å². The maximum absolute atomic E-state index is 11.5. The van der Waals surface area contributed by atoms with Crippen LogP contribution in [0.1, 0.15) is 38.4 Å². The molecule has 10 heteroatoms. The second-order valence-corrected chi connectivity index (χ2v) is 5.46. The van der Waals surface area contributed by atoms with Crippen LogP contribution >= 0.6 is 0 Å². The number of hydrogen-bond donors (Lipinski definition) is 0. The van der Waals surface area contributed by atoms with E-state index >= 15 is 0 Å². The summed E-state index contributed by atoms with van der Waals surface area (Å²) >= 11 is 0. The molecule has 0 amide bonds. The van der Waals surface area contributed by atoms with E-state index in [0.29, 0.717) is 0 Å². The Morgan fingerprint density at radius 1 is 1.15 bits per heavy atom. The van der Waals surface area contributed by atoms with Crippen molar-refractivity contribution in [3.63, 3.8) is 0 Å². The third kappa shape index (κ3) is 4.73. The molecule has 0 saturated carbocycles. The van der Waals surface area contributed by atoms with Gasteiger partial charge in [0.15, 0.2) is 24.1 Å². The molecule has 0 aliphatic carbocycles. The molecule has 0 bridgehead atoms. The van der Waals surface area contributed by atoms with Crippen LogP contribution in [-0.2, 0) is 33.3 Å². The first-order chi connectivity index (χ1) is 12.3. The van der Waals surface area contributed by atoms with E-state index in [-0.39, 0.29) is 18.1 Å². The Morgan fingerprint density at radius 2 is 1.81 bits per heavy atom. The second kappa shape index (κ2) is 8.35. The molecule has 1 aromatic rings. The summed E-state index contributed by atoms with van der Waals surface area (Å²) in [6, 6.07) is 3.27. The van der Waals surface area contributed by atoms with E-state index in [2.05, 4.69) is 9.97 Å². The van der Waals surface area contributed by atoms with Gasteiger partial charge in [0.05, 0.1) is 0 Å². The van der Waals surface area contributed by atoms with Gasteiger partial charge in [-0.1, -0.05) is 0 Å². The number of esters is 3. The highest BCUT2D eigenvalue weighted by Gasteiger charge is 2.51. The van der Waals surface area contributed by atoms with Crippen molar-refractivity contribution in [2.45, 2.75) is 45.2 Å². The molecule has 2 heterocycles. The second-order valence-electron chi connectivity index (χ2n) is 5.46. The smallest absolute Gasteiger partial charge is 0.303 e. The zero-order valence-electron chi connectivity index (χ0n) is 14.4. The summed E-state index contributed by atoms with van der Waals surface area (Å²) in [5.41, 5.74) is 0.0904. The summed E-state index contributed by atoms with van der Waals surface area (Å²) in [5, 5.41) is 8.99. The molecule has 0 aromatic carbocycles. The van der Waals surface area contributed by atoms with E-state index in [4.69, 9.17) is 24.2 Å². The van der Waals surface area contributed by atoms with Gasteiger partial charge >= 0.3 is 17.9 Å². The van der Waals surface area contributed by atoms with Crippen LogP contribution in [0.3, 0.4) is 0 Å². The van der Waals surface area contributed by atoms with E-state index < -0.39 is 42.3 Å². The number of hydrogen-bond acceptors (Lipinski definition) is 10. The Labute approximate surface area is 149 Å². The van der Waals surface area contributed by atoms with Gasteiger partial charge in [-0.15, -0.1) is 0 Å². The van der Waals surface area contributed by atoms with E-state index in [1.54, 1.807) is 0 Å². The van der Waals surface area contributed by atoms with E-state index in [1.807, 2.05) is 6.07 Å². The summed E-state index contributed by atoms with van der Waals surface area (Å²) in [6.45, 7) is 3.37. The highest BCUT2D eigenvalue weighted by molar-refractivity contribution is 5.68. The number of carbonyl (C=O) groups excluding carboxylic acids is 3. The van der Waals surface area contributed by atoms with Crippen molar-refractivity contribution in [1.82, 2.24) is 9.97 Å². The first kappa shape index (κ1) is 19.3. The van der Waals surface area contributed by atoms with Gasteiger partial charge in [-0.25, -0.2) is 9.97 Å². The summed E-state index contributed by atoms with van der Waals surface area (Å²) < 4.78 is 21.2. The summed E-state index contributed by atoms with van der Waals surface area (Å²) in [5.74, 6) is -1.73. The summed E-state index contributed by atoms with van der Waals surface area (Å²) in [4.78, 5) is 42.1. The largest absolute Gasteiger partial charge is 0.463 e. The van der Waals surface area contributed by atoms with Crippen LogP contribution in [-0.4, -0.2) is 52.8 Å². The van der Waals surface area contributed by atoms with Crippen molar-refractivity contribution in [2.24, 2.45) is 0 Å². The van der Waals surface area contributed by atoms with Crippen molar-refractivity contribution in [3.05, 3.63) is 23.8 Å². The average molecular weight is 363 g/mol. The van der Waals surface area contributed by atoms with Gasteiger partial charge in [0.1, 0.15) is 24.5 Å². The normalized spacial score (nSPS) is 24.4. The highest BCUT2D eigenvalue weighted by atomic mass is 16.6. The molecule has 138 valence electrons. The van der Waals surface area contributed by atoms with Crippen LogP contribution in [0.4, 0.5) is 0 Å². The Balaban J connectivity index is 2.37. The van der Waals surface area contributed by atoms with Crippen LogP contribution in [0.15, 0.2) is 12.3 Å². The maximum atomic E-state index is 11.5. The Hall–Kier alpha value is -3.06. The van der Waals surface area contributed by atoms with Crippen molar-refractivity contribution < 1.29 is 33.3 Å². The van der Waals surface area contributed by atoms with Crippen LogP contribution in [0.2, 0.25) is 0 Å². The number of carbonyl (C=O) groups is 3. The predicted octanol–water partition coefficient (Wildman–Crippen LogP) is 0.215. The molecule has 1 aliphatic rings. The lowest BCUT2D eigenvalue weighted by Gasteiger charge is -2.22. The van der Waals surface area contributed by atoms with Crippen LogP contribution < -0.4 is 0 Å². The van der Waals surface area contributed by atoms with Gasteiger partial charge in [0.2, 0.25) is 0 Å². The molecular weight excluding hydrogens is 346 g/mol. The van der Waals surface area contributed by atoms with E-state index in [0.717, 1.165) is 0 Å². The lowest BCUT2D eigenvalue weighted by atomic mass is 10.1. The van der Waals surface area contributed by atoms with Gasteiger partial charge in [0, 0.05) is 27.0 Å². The first-order valence-corrected chi connectivity index (χ1v) is 7.68. The highest BCUT2D eigenvalue weighted by Crippen LogP contribution is 2.36. The Morgan fingerprint density at radius 3 is 2.38 bits per heavy atom. The minimum absolute atomic E-state index is 0.0813. The molecular formula is C16H17N3O7. The number of nitrogens with zero attached hydrogens (tertiary/aromatic N) is 3. The number of nitriles is 1. The third-order valence-electron chi connectivity index (χ3n) is 3.41. The van der Waals surface area contributed by atoms with Gasteiger partial charge in [-0.2, -0.15) is 5.26 Å². The number of rotatable bonds is 5. The summed E-state index contributed by atoms with van der Waals surface area (Å²) in [6.07, 6.45) is -2.64. The predicted molar refractivity (Wildman–Crippen MR) is 82.1 cm³/mol. The molecule has 0 unspecified atom stereocenters. The first-order valence-electron chi connectivity index (χ1n) is 7.68. The van der Waals surface area contributed by atoms with E-state index in [9.17, 15) is 14.4 Å². The molecule has 0 N–H and O–H groups in total. The zero-order valence-corrected chi connectivity index (χ0v) is 14.4. The molecule has 1 aromatic heterocycles. The zero-order chi connectivity index (χ0) is 19.3. The van der Waals surface area contributed by atoms with Gasteiger partial charge < -0.3 is 18.9 Å². The topological polar surface area (TPSA) is 138 Å². The molecule has 1 fully saturated rings. The molecule has 2 rings (SSSR count). The number of ether oxygens (including phenoxy) is 4. The number of aromatic nitrogens is 2. The molecule has 10 nitrogen and oxygen atoms in total. The minimum atomic E-state index is -1.06. The third-order valence-corrected chi connectivity index (χ3v) is 3.41. The standard InChI is InChI=1S/C16H17N3O7/c1-8(20)23-7-12-13(24-9(2)21)14(25-10(3)22)15(26-12)16-18-5-4-11(6-17)19-16/h4-5,12-15H,7H2,1-3H3/t12-,13-,14-,15-/m1/s1. The van der Waals surface area contributed by atoms with Crippen molar-refractivity contribution in [1.29, 1.82) is 5.26 Å². The minimum Gasteiger partial charge on any atom is -0.463 e. The Bertz CT molecular complexity index is 746. The fourth-order valence-corrected chi connectivity index (χ4v) is 2.50. The molecule has 4 atom stereocenters.